The zero-order valence-electron chi connectivity index (χ0n) is 14.9. The second kappa shape index (κ2) is 7.94. The fraction of sp³-hybridized carbons (Fsp3) is 0.238. The van der Waals surface area contributed by atoms with Gasteiger partial charge in [-0.3, -0.25) is 4.90 Å². The summed E-state index contributed by atoms with van der Waals surface area (Å²) < 4.78 is 28.1. The molecule has 0 spiro atoms. The van der Waals surface area contributed by atoms with Gasteiger partial charge in [-0.05, 0) is 52.1 Å². The second-order valence-corrected chi connectivity index (χ2v) is 9.27. The van der Waals surface area contributed by atoms with E-state index in [9.17, 15) is 8.42 Å². The summed E-state index contributed by atoms with van der Waals surface area (Å²) in [6.45, 7) is 2.12. The van der Waals surface area contributed by atoms with Crippen LogP contribution in [0.2, 0.25) is 0 Å². The largest absolute Gasteiger partial charge is 0.290 e. The maximum Gasteiger partial charge on any atom is 0.240 e. The van der Waals surface area contributed by atoms with Crippen molar-refractivity contribution in [2.75, 3.05) is 13.1 Å². The maximum atomic E-state index is 12.7. The highest BCUT2D eigenvalue weighted by Crippen LogP contribution is 2.29. The van der Waals surface area contributed by atoms with Gasteiger partial charge < -0.3 is 0 Å². The molecule has 0 fully saturated rings. The second-order valence-electron chi connectivity index (χ2n) is 6.73. The molecule has 0 saturated carbocycles. The number of thiophene rings is 1. The molecule has 0 amide bonds. The quantitative estimate of drug-likeness (QED) is 0.687. The van der Waals surface area contributed by atoms with Crippen molar-refractivity contribution in [2.45, 2.75) is 23.9 Å². The van der Waals surface area contributed by atoms with E-state index in [0.717, 1.165) is 25.1 Å². The molecule has 4 rings (SSSR count). The number of nitrogens with zero attached hydrogens (tertiary/aromatic N) is 1. The number of benzene rings is 2. The third-order valence-electron chi connectivity index (χ3n) is 5.05. The number of fused-ring (bicyclic) bond motifs is 1. The standard InChI is InChI=1S/C21H22N2O2S2/c24-27(25,20-8-2-1-3-9-20)22-14-21(19-11-13-26-16-19)23-12-10-17-6-4-5-7-18(17)15-23/h1-9,11,13,16,21-22H,10,12,14-15H2/t21-/m0/s1. The van der Waals surface area contributed by atoms with Crippen LogP contribution in [-0.4, -0.2) is 26.4 Å². The Labute approximate surface area is 164 Å². The highest BCUT2D eigenvalue weighted by Gasteiger charge is 2.26. The average molecular weight is 399 g/mol. The minimum atomic E-state index is -3.52. The van der Waals surface area contributed by atoms with E-state index in [0.29, 0.717) is 11.4 Å². The molecule has 0 unspecified atom stereocenters. The summed E-state index contributed by atoms with van der Waals surface area (Å²) in [5.41, 5.74) is 3.88. The molecule has 3 aromatic rings. The number of hydrogen-bond acceptors (Lipinski definition) is 4. The molecule has 4 nitrogen and oxygen atoms in total. The number of rotatable bonds is 6. The van der Waals surface area contributed by atoms with Crippen molar-refractivity contribution >= 4 is 21.4 Å². The van der Waals surface area contributed by atoms with Crippen LogP contribution in [-0.2, 0) is 23.0 Å². The van der Waals surface area contributed by atoms with Crippen LogP contribution < -0.4 is 4.72 Å². The van der Waals surface area contributed by atoms with E-state index in [1.54, 1.807) is 35.6 Å². The van der Waals surface area contributed by atoms with Crippen LogP contribution in [0.5, 0.6) is 0 Å². The van der Waals surface area contributed by atoms with Crippen molar-refractivity contribution in [3.63, 3.8) is 0 Å². The van der Waals surface area contributed by atoms with Gasteiger partial charge >= 0.3 is 0 Å². The lowest BCUT2D eigenvalue weighted by Crippen LogP contribution is -2.40. The van der Waals surface area contributed by atoms with E-state index in [1.807, 2.05) is 11.4 Å². The highest BCUT2D eigenvalue weighted by atomic mass is 32.2. The summed E-state index contributed by atoms with van der Waals surface area (Å²) in [6.07, 6.45) is 0.988. The van der Waals surface area contributed by atoms with Gasteiger partial charge in [0, 0.05) is 25.7 Å². The zero-order chi connectivity index (χ0) is 18.7. The molecule has 0 aliphatic carbocycles. The molecule has 1 atom stereocenters. The third kappa shape index (κ3) is 4.14. The van der Waals surface area contributed by atoms with Crippen molar-refractivity contribution in [1.82, 2.24) is 9.62 Å². The van der Waals surface area contributed by atoms with Crippen LogP contribution in [0.4, 0.5) is 0 Å². The first kappa shape index (κ1) is 18.4. The minimum Gasteiger partial charge on any atom is -0.290 e. The lowest BCUT2D eigenvalue weighted by atomic mass is 9.97. The van der Waals surface area contributed by atoms with Crippen LogP contribution in [0.25, 0.3) is 0 Å². The van der Waals surface area contributed by atoms with Crippen LogP contribution in [0.1, 0.15) is 22.7 Å². The Morgan fingerprint density at radius 3 is 2.48 bits per heavy atom. The predicted octanol–water partition coefficient (Wildman–Crippen LogP) is 3.83. The molecule has 2 heterocycles. The monoisotopic (exact) mass is 398 g/mol. The van der Waals surface area contributed by atoms with Crippen LogP contribution in [0.15, 0.2) is 76.3 Å². The zero-order valence-corrected chi connectivity index (χ0v) is 16.5. The molecule has 1 N–H and O–H groups in total. The summed E-state index contributed by atoms with van der Waals surface area (Å²) in [5, 5.41) is 4.16. The van der Waals surface area contributed by atoms with Crippen molar-refractivity contribution in [3.8, 4) is 0 Å². The Morgan fingerprint density at radius 1 is 1.00 bits per heavy atom. The van der Waals surface area contributed by atoms with Gasteiger partial charge in [-0.15, -0.1) is 0 Å². The summed E-state index contributed by atoms with van der Waals surface area (Å²) in [6, 6.07) is 19.2. The molecule has 0 radical (unpaired) electrons. The molecule has 6 heteroatoms. The molecule has 0 saturated heterocycles. The third-order valence-corrected chi connectivity index (χ3v) is 7.19. The van der Waals surface area contributed by atoms with Crippen molar-refractivity contribution < 1.29 is 8.42 Å². The molecule has 1 aromatic heterocycles. The normalized spacial score (nSPS) is 16.0. The van der Waals surface area contributed by atoms with Crippen molar-refractivity contribution in [1.29, 1.82) is 0 Å². The Morgan fingerprint density at radius 2 is 1.74 bits per heavy atom. The lowest BCUT2D eigenvalue weighted by Gasteiger charge is -2.35. The minimum absolute atomic E-state index is 0.0168. The fourth-order valence-corrected chi connectivity index (χ4v) is 5.34. The summed E-state index contributed by atoms with van der Waals surface area (Å²) in [5.74, 6) is 0. The van der Waals surface area contributed by atoms with E-state index in [-0.39, 0.29) is 6.04 Å². The predicted molar refractivity (Wildman–Crippen MR) is 109 cm³/mol. The Hall–Kier alpha value is -1.99. The van der Waals surface area contributed by atoms with Gasteiger partial charge in [0.2, 0.25) is 10.0 Å². The number of hydrogen-bond donors (Lipinski definition) is 1. The van der Waals surface area contributed by atoms with Gasteiger partial charge in [-0.1, -0.05) is 42.5 Å². The van der Waals surface area contributed by atoms with Crippen LogP contribution in [0.3, 0.4) is 0 Å². The highest BCUT2D eigenvalue weighted by molar-refractivity contribution is 7.89. The van der Waals surface area contributed by atoms with Gasteiger partial charge in [-0.25, -0.2) is 13.1 Å². The van der Waals surface area contributed by atoms with Gasteiger partial charge in [0.1, 0.15) is 0 Å². The van der Waals surface area contributed by atoms with Crippen molar-refractivity contribution in [3.05, 3.63) is 88.1 Å². The first-order valence-corrected chi connectivity index (χ1v) is 11.4. The molecular weight excluding hydrogens is 376 g/mol. The van der Waals surface area contributed by atoms with Crippen LogP contribution >= 0.6 is 11.3 Å². The molecule has 0 bridgehead atoms. The Kier molecular flexibility index (Phi) is 5.41. The molecule has 1 aliphatic rings. The summed E-state index contributed by atoms with van der Waals surface area (Å²) in [4.78, 5) is 2.68. The van der Waals surface area contributed by atoms with Crippen molar-refractivity contribution in [2.24, 2.45) is 0 Å². The molecule has 27 heavy (non-hydrogen) atoms. The summed E-state index contributed by atoms with van der Waals surface area (Å²) >= 11 is 1.64. The molecule has 1 aliphatic heterocycles. The van der Waals surface area contributed by atoms with E-state index in [1.165, 1.54) is 11.1 Å². The number of sulfonamides is 1. The number of nitrogens with one attached hydrogen (secondary N) is 1. The van der Waals surface area contributed by atoms with E-state index >= 15 is 0 Å². The first-order chi connectivity index (χ1) is 13.1. The van der Waals surface area contributed by atoms with Crippen LogP contribution in [0, 0.1) is 0 Å². The first-order valence-electron chi connectivity index (χ1n) is 9.01. The Balaban J connectivity index is 1.55. The maximum absolute atomic E-state index is 12.7. The smallest absolute Gasteiger partial charge is 0.240 e. The van der Waals surface area contributed by atoms with Gasteiger partial charge in [0.05, 0.1) is 4.90 Å². The van der Waals surface area contributed by atoms with Gasteiger partial charge in [-0.2, -0.15) is 11.3 Å². The van der Waals surface area contributed by atoms with E-state index < -0.39 is 10.0 Å². The molecule has 140 valence electrons. The summed E-state index contributed by atoms with van der Waals surface area (Å²) in [7, 11) is -3.52. The van der Waals surface area contributed by atoms with Gasteiger partial charge in [0.15, 0.2) is 0 Å². The Bertz CT molecular complexity index is 986. The van der Waals surface area contributed by atoms with E-state index in [2.05, 4.69) is 45.3 Å². The molecule has 2 aromatic carbocycles. The lowest BCUT2D eigenvalue weighted by molar-refractivity contribution is 0.181. The molecular formula is C21H22N2O2S2. The fourth-order valence-electron chi connectivity index (χ4n) is 3.58. The average Bonchev–Trinajstić information content (AvgIpc) is 3.23. The topological polar surface area (TPSA) is 49.4 Å². The SMILES string of the molecule is O=S(=O)(NC[C@@H](c1ccsc1)N1CCc2ccccc2C1)c1ccccc1. The van der Waals surface area contributed by atoms with Gasteiger partial charge in [0.25, 0.3) is 0 Å². The van der Waals surface area contributed by atoms with E-state index in [4.69, 9.17) is 0 Å².